The lowest BCUT2D eigenvalue weighted by Crippen LogP contribution is -2.77. The Labute approximate surface area is 136 Å². The molecule has 23 heavy (non-hydrogen) atoms. The fourth-order valence-corrected chi connectivity index (χ4v) is 3.66. The van der Waals surface area contributed by atoms with Crippen molar-refractivity contribution in [3.63, 3.8) is 0 Å². The molecule has 1 aromatic carbocycles. The molecule has 2 aliphatic heterocycles. The van der Waals surface area contributed by atoms with E-state index in [1.54, 1.807) is 24.3 Å². The second kappa shape index (κ2) is 6.47. The maximum absolute atomic E-state index is 12.1. The van der Waals surface area contributed by atoms with Gasteiger partial charge in [0.25, 0.3) is 11.8 Å². The lowest BCUT2D eigenvalue weighted by Gasteiger charge is -2.51. The predicted octanol–water partition coefficient (Wildman–Crippen LogP) is -0.577. The molecular formula is C14H15N3O5S. The van der Waals surface area contributed by atoms with E-state index in [-0.39, 0.29) is 12.0 Å². The van der Waals surface area contributed by atoms with Crippen molar-refractivity contribution in [2.24, 2.45) is 0 Å². The van der Waals surface area contributed by atoms with Crippen LogP contribution in [0, 0.1) is 0 Å². The summed E-state index contributed by atoms with van der Waals surface area (Å²) in [4.78, 5) is 36.3. The zero-order valence-corrected chi connectivity index (χ0v) is 12.8. The average molecular weight is 337 g/mol. The van der Waals surface area contributed by atoms with Crippen molar-refractivity contribution >= 4 is 29.5 Å². The molecule has 2 fully saturated rings. The van der Waals surface area contributed by atoms with Crippen LogP contribution >= 0.6 is 11.8 Å². The fraction of sp³-hybridized carbons (Fsp3) is 0.357. The van der Waals surface area contributed by atoms with Gasteiger partial charge in [-0.3, -0.25) is 14.9 Å². The van der Waals surface area contributed by atoms with Gasteiger partial charge in [-0.1, -0.05) is 18.2 Å². The number of ether oxygens (including phenoxy) is 1. The maximum Gasteiger partial charge on any atom is 0.341 e. The molecule has 1 aromatic rings. The summed E-state index contributed by atoms with van der Waals surface area (Å²) >= 11 is 1.38. The number of benzene rings is 1. The first-order valence-electron chi connectivity index (χ1n) is 6.95. The van der Waals surface area contributed by atoms with Gasteiger partial charge in [-0.25, -0.2) is 4.79 Å². The number of nitrogens with one attached hydrogen (secondary N) is 2. The molecule has 3 rings (SSSR count). The van der Waals surface area contributed by atoms with Crippen LogP contribution in [0.5, 0.6) is 5.75 Å². The van der Waals surface area contributed by atoms with Gasteiger partial charge in [0, 0.05) is 5.88 Å². The molecule has 2 saturated heterocycles. The number of amides is 2. The molecule has 2 aliphatic rings. The van der Waals surface area contributed by atoms with E-state index in [1.807, 2.05) is 6.07 Å². The Balaban J connectivity index is 1.54. The van der Waals surface area contributed by atoms with E-state index in [2.05, 4.69) is 10.6 Å². The Morgan fingerprint density at radius 2 is 2.13 bits per heavy atom. The van der Waals surface area contributed by atoms with Crippen LogP contribution in [0.3, 0.4) is 0 Å². The molecule has 3 N–H and O–H groups in total. The van der Waals surface area contributed by atoms with Gasteiger partial charge in [0.15, 0.2) is 12.8 Å². The molecule has 0 aromatic heterocycles. The summed E-state index contributed by atoms with van der Waals surface area (Å²) in [5.74, 6) is -0.974. The molecule has 8 nitrogen and oxygen atoms in total. The molecule has 0 bridgehead atoms. The van der Waals surface area contributed by atoms with Crippen molar-refractivity contribution in [2.75, 3.05) is 12.5 Å². The Hall–Kier alpha value is -2.26. The van der Waals surface area contributed by atoms with Gasteiger partial charge in [0.2, 0.25) is 0 Å². The monoisotopic (exact) mass is 337 g/mol. The molecule has 2 heterocycles. The number of rotatable bonds is 5. The minimum Gasteiger partial charge on any atom is -0.484 e. The minimum atomic E-state index is -1.11. The highest BCUT2D eigenvalue weighted by Gasteiger charge is 2.55. The molecule has 0 radical (unpaired) electrons. The fourth-order valence-electron chi connectivity index (χ4n) is 2.47. The molecular weight excluding hydrogens is 322 g/mol. The first kappa shape index (κ1) is 15.6. The van der Waals surface area contributed by atoms with Crippen molar-refractivity contribution in [3.8, 4) is 5.75 Å². The van der Waals surface area contributed by atoms with Crippen molar-refractivity contribution in [1.82, 2.24) is 15.5 Å². The van der Waals surface area contributed by atoms with Gasteiger partial charge in [-0.15, -0.1) is 11.8 Å². The highest BCUT2D eigenvalue weighted by molar-refractivity contribution is 8.00. The summed E-state index contributed by atoms with van der Waals surface area (Å²) in [7, 11) is 0. The predicted molar refractivity (Wildman–Crippen MR) is 81.5 cm³/mol. The second-order valence-electron chi connectivity index (χ2n) is 5.04. The van der Waals surface area contributed by atoms with Gasteiger partial charge < -0.3 is 20.1 Å². The number of thioether (sulfide) groups is 1. The van der Waals surface area contributed by atoms with Crippen molar-refractivity contribution in [2.45, 2.75) is 17.6 Å². The number of carbonyl (C=O) groups is 3. The molecule has 2 amide bonds. The number of hydrogen-bond donors (Lipinski definition) is 3. The van der Waals surface area contributed by atoms with E-state index < -0.39 is 30.0 Å². The number of carbonyl (C=O) groups excluding carboxylic acids is 2. The zero-order chi connectivity index (χ0) is 16.4. The standard InChI is InChI=1S/C14H15N3O5S/c18-9(6-22-8-4-2-1-3-5-8)16-10-12(19)17-11(14(20)21)15-7-23-13(10)17/h1-5,10-11,13,15H,6-7H2,(H,16,18)(H,20,21). The molecule has 3 atom stereocenters. The molecule has 122 valence electrons. The Morgan fingerprint density at radius 1 is 1.39 bits per heavy atom. The zero-order valence-electron chi connectivity index (χ0n) is 12.0. The summed E-state index contributed by atoms with van der Waals surface area (Å²) < 4.78 is 5.32. The summed E-state index contributed by atoms with van der Waals surface area (Å²) in [5, 5.41) is 14.0. The summed E-state index contributed by atoms with van der Waals surface area (Å²) in [6.45, 7) is -0.203. The lowest BCUT2D eigenvalue weighted by molar-refractivity contribution is -0.164. The highest BCUT2D eigenvalue weighted by atomic mass is 32.2. The number of carboxylic acids is 1. The van der Waals surface area contributed by atoms with Crippen molar-refractivity contribution < 1.29 is 24.2 Å². The molecule has 3 unspecified atom stereocenters. The highest BCUT2D eigenvalue weighted by Crippen LogP contribution is 2.34. The van der Waals surface area contributed by atoms with E-state index in [0.717, 1.165) is 0 Å². The minimum absolute atomic E-state index is 0.203. The topological polar surface area (TPSA) is 108 Å². The van der Waals surface area contributed by atoms with Crippen LogP contribution in [0.25, 0.3) is 0 Å². The van der Waals surface area contributed by atoms with Gasteiger partial charge in [0.1, 0.15) is 17.2 Å². The Kier molecular flexibility index (Phi) is 4.39. The van der Waals surface area contributed by atoms with Crippen molar-refractivity contribution in [3.05, 3.63) is 30.3 Å². The smallest absolute Gasteiger partial charge is 0.341 e. The van der Waals surface area contributed by atoms with Crippen molar-refractivity contribution in [1.29, 1.82) is 0 Å². The SMILES string of the molecule is O=C(COc1ccccc1)NC1C(=O)N2C(C(=O)O)NCSC12. The summed E-state index contributed by atoms with van der Waals surface area (Å²) in [6, 6.07) is 8.15. The quantitative estimate of drug-likeness (QED) is 0.617. The van der Waals surface area contributed by atoms with Gasteiger partial charge in [-0.05, 0) is 12.1 Å². The Morgan fingerprint density at radius 3 is 2.83 bits per heavy atom. The number of aliphatic carboxylic acids is 1. The number of nitrogens with zero attached hydrogens (tertiary/aromatic N) is 1. The number of β-lactam (4-membered cyclic amide) rings is 1. The van der Waals surface area contributed by atoms with Crippen LogP contribution in [0.1, 0.15) is 0 Å². The first-order valence-corrected chi connectivity index (χ1v) is 8.00. The number of hydrogen-bond acceptors (Lipinski definition) is 6. The van der Waals surface area contributed by atoms with Crippen LogP contribution in [0.4, 0.5) is 0 Å². The van der Waals surface area contributed by atoms with E-state index in [9.17, 15) is 14.4 Å². The molecule has 9 heteroatoms. The maximum atomic E-state index is 12.1. The van der Waals surface area contributed by atoms with E-state index in [4.69, 9.17) is 9.84 Å². The van der Waals surface area contributed by atoms with Gasteiger partial charge >= 0.3 is 5.97 Å². The third kappa shape index (κ3) is 3.10. The summed E-state index contributed by atoms with van der Waals surface area (Å²) in [5.41, 5.74) is 0. The van der Waals surface area contributed by atoms with E-state index in [0.29, 0.717) is 11.6 Å². The number of para-hydroxylation sites is 1. The van der Waals surface area contributed by atoms with Crippen LogP contribution in [0.2, 0.25) is 0 Å². The molecule has 0 saturated carbocycles. The first-order chi connectivity index (χ1) is 11.1. The third-order valence-electron chi connectivity index (χ3n) is 3.55. The molecule has 0 aliphatic carbocycles. The van der Waals surface area contributed by atoms with E-state index >= 15 is 0 Å². The van der Waals surface area contributed by atoms with Crippen LogP contribution < -0.4 is 15.4 Å². The van der Waals surface area contributed by atoms with Gasteiger partial charge in [0.05, 0.1) is 0 Å². The van der Waals surface area contributed by atoms with Gasteiger partial charge in [-0.2, -0.15) is 0 Å². The van der Waals surface area contributed by atoms with Crippen LogP contribution in [-0.4, -0.2) is 57.9 Å². The average Bonchev–Trinajstić information content (AvgIpc) is 2.57. The normalized spacial score (nSPS) is 26.0. The van der Waals surface area contributed by atoms with E-state index in [1.165, 1.54) is 16.7 Å². The number of fused-ring (bicyclic) bond motifs is 1. The molecule has 0 spiro atoms. The second-order valence-corrected chi connectivity index (χ2v) is 6.14. The Bertz CT molecular complexity index is 626. The van der Waals surface area contributed by atoms with Crippen LogP contribution in [-0.2, 0) is 14.4 Å². The number of carboxylic acid groups (broad SMARTS) is 1. The third-order valence-corrected chi connectivity index (χ3v) is 4.73. The largest absolute Gasteiger partial charge is 0.484 e. The van der Waals surface area contributed by atoms with Crippen LogP contribution in [0.15, 0.2) is 30.3 Å². The summed E-state index contributed by atoms with van der Waals surface area (Å²) in [6.07, 6.45) is -1.04. The lowest BCUT2D eigenvalue weighted by atomic mass is 10.1.